The molecule has 0 atom stereocenters. The number of benzene rings is 1. The Morgan fingerprint density at radius 3 is 2.56 bits per heavy atom. The average Bonchev–Trinajstić information content (AvgIpc) is 2.69. The number of aliphatic imine (C=N–C) groups is 1. The number of methoxy groups -OCH3 is 1. The van der Waals surface area contributed by atoms with E-state index in [1.807, 2.05) is 30.3 Å². The van der Waals surface area contributed by atoms with E-state index in [1.165, 1.54) is 0 Å². The van der Waals surface area contributed by atoms with Gasteiger partial charge in [0.25, 0.3) is 0 Å². The van der Waals surface area contributed by atoms with Crippen molar-refractivity contribution >= 4 is 29.9 Å². The Balaban J connectivity index is 0.00000364. The molecular formula is C20H34IN3O3. The number of likely N-dealkylation sites (tertiary alicyclic amines) is 1. The molecule has 0 amide bonds. The molecule has 2 rings (SSSR count). The van der Waals surface area contributed by atoms with Crippen molar-refractivity contribution in [3.05, 3.63) is 30.3 Å². The molecule has 0 spiro atoms. The van der Waals surface area contributed by atoms with Crippen LogP contribution in [0.25, 0.3) is 0 Å². The maximum absolute atomic E-state index is 5.93. The van der Waals surface area contributed by atoms with Crippen LogP contribution in [0.1, 0.15) is 26.2 Å². The molecule has 0 saturated carbocycles. The maximum atomic E-state index is 5.93. The van der Waals surface area contributed by atoms with Crippen molar-refractivity contribution in [3.8, 4) is 5.75 Å². The molecule has 7 heteroatoms. The maximum Gasteiger partial charge on any atom is 0.194 e. The van der Waals surface area contributed by atoms with Crippen LogP contribution in [0.2, 0.25) is 0 Å². The predicted octanol–water partition coefficient (Wildman–Crippen LogP) is 3.17. The van der Waals surface area contributed by atoms with Crippen molar-refractivity contribution in [1.29, 1.82) is 0 Å². The van der Waals surface area contributed by atoms with Gasteiger partial charge in [0.05, 0.1) is 12.6 Å². The normalized spacial score (nSPS) is 15.3. The summed E-state index contributed by atoms with van der Waals surface area (Å²) in [6.45, 7) is 7.68. The van der Waals surface area contributed by atoms with Crippen molar-refractivity contribution in [1.82, 2.24) is 10.2 Å². The van der Waals surface area contributed by atoms with Gasteiger partial charge in [0, 0.05) is 40.0 Å². The summed E-state index contributed by atoms with van der Waals surface area (Å²) >= 11 is 0. The van der Waals surface area contributed by atoms with Gasteiger partial charge in [0.2, 0.25) is 0 Å². The van der Waals surface area contributed by atoms with Crippen LogP contribution in [0.5, 0.6) is 5.75 Å². The van der Waals surface area contributed by atoms with E-state index in [0.717, 1.165) is 63.8 Å². The lowest BCUT2D eigenvalue weighted by atomic mass is 10.1. The summed E-state index contributed by atoms with van der Waals surface area (Å²) < 4.78 is 16.7. The van der Waals surface area contributed by atoms with E-state index in [1.54, 1.807) is 7.11 Å². The van der Waals surface area contributed by atoms with Gasteiger partial charge in [0.15, 0.2) is 5.96 Å². The van der Waals surface area contributed by atoms with E-state index >= 15 is 0 Å². The number of rotatable bonds is 10. The Morgan fingerprint density at radius 2 is 1.89 bits per heavy atom. The van der Waals surface area contributed by atoms with Gasteiger partial charge in [-0.25, -0.2) is 4.99 Å². The van der Waals surface area contributed by atoms with E-state index < -0.39 is 0 Å². The van der Waals surface area contributed by atoms with Crippen molar-refractivity contribution in [2.24, 2.45) is 4.99 Å². The fraction of sp³-hybridized carbons (Fsp3) is 0.650. The van der Waals surface area contributed by atoms with Gasteiger partial charge in [-0.2, -0.15) is 0 Å². The summed E-state index contributed by atoms with van der Waals surface area (Å²) in [5.41, 5.74) is 0. The number of piperidine rings is 1. The third-order valence-corrected chi connectivity index (χ3v) is 4.29. The lowest BCUT2D eigenvalue weighted by Gasteiger charge is -2.34. The Morgan fingerprint density at radius 1 is 1.15 bits per heavy atom. The summed E-state index contributed by atoms with van der Waals surface area (Å²) in [6, 6.07) is 9.87. The number of hydrogen-bond donors (Lipinski definition) is 1. The van der Waals surface area contributed by atoms with Crippen LogP contribution >= 0.6 is 24.0 Å². The Bertz CT molecular complexity index is 508. The standard InChI is InChI=1S/C20H33N3O3.HI/c1-3-21-20(22-12-17-26-18-8-5-4-6-9-18)23-13-10-19(11-14-23)25-16-7-15-24-2;/h4-6,8-9,19H,3,7,10-17H2,1-2H3,(H,21,22);1H. The van der Waals surface area contributed by atoms with Gasteiger partial charge >= 0.3 is 0 Å². The molecule has 1 aromatic rings. The van der Waals surface area contributed by atoms with Crippen molar-refractivity contribution in [3.63, 3.8) is 0 Å². The lowest BCUT2D eigenvalue weighted by molar-refractivity contribution is 0.00990. The SMILES string of the molecule is CCNC(=NCCOc1ccccc1)N1CCC(OCCCOC)CC1.I. The molecule has 1 fully saturated rings. The van der Waals surface area contributed by atoms with Crippen molar-refractivity contribution in [2.75, 3.05) is 53.1 Å². The number of nitrogens with one attached hydrogen (secondary N) is 1. The van der Waals surface area contributed by atoms with E-state index in [4.69, 9.17) is 19.2 Å². The van der Waals surface area contributed by atoms with Crippen LogP contribution < -0.4 is 10.1 Å². The van der Waals surface area contributed by atoms with Crippen LogP contribution in [-0.4, -0.2) is 70.1 Å². The highest BCUT2D eigenvalue weighted by molar-refractivity contribution is 14.0. The molecule has 1 aliphatic heterocycles. The number of halogens is 1. The second kappa shape index (κ2) is 14.9. The first-order valence-electron chi connectivity index (χ1n) is 9.65. The second-order valence-corrected chi connectivity index (χ2v) is 6.30. The van der Waals surface area contributed by atoms with Crippen LogP contribution in [0.3, 0.4) is 0 Å². The van der Waals surface area contributed by atoms with Crippen molar-refractivity contribution in [2.45, 2.75) is 32.3 Å². The highest BCUT2D eigenvalue weighted by Crippen LogP contribution is 2.14. The second-order valence-electron chi connectivity index (χ2n) is 6.30. The van der Waals surface area contributed by atoms with Gasteiger partial charge in [0.1, 0.15) is 12.4 Å². The van der Waals surface area contributed by atoms with Crippen LogP contribution in [0.4, 0.5) is 0 Å². The average molecular weight is 491 g/mol. The zero-order valence-electron chi connectivity index (χ0n) is 16.6. The van der Waals surface area contributed by atoms with Gasteiger partial charge in [-0.15, -0.1) is 24.0 Å². The summed E-state index contributed by atoms with van der Waals surface area (Å²) in [4.78, 5) is 7.03. The molecule has 0 bridgehead atoms. The molecule has 0 aromatic heterocycles. The van der Waals surface area contributed by atoms with Gasteiger partial charge < -0.3 is 24.4 Å². The Labute approximate surface area is 180 Å². The number of guanidine groups is 1. The topological polar surface area (TPSA) is 55.3 Å². The van der Waals surface area contributed by atoms with E-state index in [2.05, 4.69) is 17.1 Å². The third-order valence-electron chi connectivity index (χ3n) is 4.29. The Hall–Kier alpha value is -1.06. The summed E-state index contributed by atoms with van der Waals surface area (Å²) in [6.07, 6.45) is 3.39. The summed E-state index contributed by atoms with van der Waals surface area (Å²) in [5, 5.41) is 3.39. The highest BCUT2D eigenvalue weighted by Gasteiger charge is 2.21. The first kappa shape index (κ1) is 24.0. The molecule has 1 aliphatic rings. The molecular weight excluding hydrogens is 457 g/mol. The largest absolute Gasteiger partial charge is 0.492 e. The van der Waals surface area contributed by atoms with Crippen LogP contribution in [0, 0.1) is 0 Å². The van der Waals surface area contributed by atoms with E-state index in [9.17, 15) is 0 Å². The zero-order valence-corrected chi connectivity index (χ0v) is 18.9. The molecule has 0 unspecified atom stereocenters. The zero-order chi connectivity index (χ0) is 18.5. The van der Waals surface area contributed by atoms with Crippen LogP contribution in [0.15, 0.2) is 35.3 Å². The van der Waals surface area contributed by atoms with E-state index in [0.29, 0.717) is 19.3 Å². The number of nitrogens with zero attached hydrogens (tertiary/aromatic N) is 2. The van der Waals surface area contributed by atoms with Gasteiger partial charge in [-0.05, 0) is 38.3 Å². The minimum absolute atomic E-state index is 0. The number of para-hydroxylation sites is 1. The smallest absolute Gasteiger partial charge is 0.194 e. The molecule has 154 valence electrons. The minimum Gasteiger partial charge on any atom is -0.492 e. The first-order chi connectivity index (χ1) is 12.8. The molecule has 1 saturated heterocycles. The summed E-state index contributed by atoms with van der Waals surface area (Å²) in [5.74, 6) is 1.86. The molecule has 27 heavy (non-hydrogen) atoms. The number of hydrogen-bond acceptors (Lipinski definition) is 4. The molecule has 6 nitrogen and oxygen atoms in total. The predicted molar refractivity (Wildman–Crippen MR) is 120 cm³/mol. The number of ether oxygens (including phenoxy) is 3. The van der Waals surface area contributed by atoms with Gasteiger partial charge in [-0.3, -0.25) is 0 Å². The third kappa shape index (κ3) is 9.62. The Kier molecular flexibility index (Phi) is 13.3. The van der Waals surface area contributed by atoms with Gasteiger partial charge in [-0.1, -0.05) is 18.2 Å². The minimum atomic E-state index is 0. The lowest BCUT2D eigenvalue weighted by Crippen LogP contribution is -2.47. The monoisotopic (exact) mass is 491 g/mol. The summed E-state index contributed by atoms with van der Waals surface area (Å²) in [7, 11) is 1.73. The molecule has 1 N–H and O–H groups in total. The molecule has 1 aromatic carbocycles. The first-order valence-corrected chi connectivity index (χ1v) is 9.65. The molecule has 0 aliphatic carbocycles. The van der Waals surface area contributed by atoms with Crippen LogP contribution in [-0.2, 0) is 9.47 Å². The fourth-order valence-electron chi connectivity index (χ4n) is 2.95. The van der Waals surface area contributed by atoms with Crippen molar-refractivity contribution < 1.29 is 14.2 Å². The fourth-order valence-corrected chi connectivity index (χ4v) is 2.95. The molecule has 1 heterocycles. The highest BCUT2D eigenvalue weighted by atomic mass is 127. The quantitative estimate of drug-likeness (QED) is 0.236. The molecule has 0 radical (unpaired) electrons. The van der Waals surface area contributed by atoms with E-state index in [-0.39, 0.29) is 24.0 Å².